The van der Waals surface area contributed by atoms with Crippen molar-refractivity contribution in [3.63, 3.8) is 0 Å². The molecule has 0 saturated carbocycles. The maximum Gasteiger partial charge on any atom is 0.0921 e. The summed E-state index contributed by atoms with van der Waals surface area (Å²) in [4.78, 5) is 2.23. The van der Waals surface area contributed by atoms with Gasteiger partial charge < -0.3 is 10.0 Å². The highest BCUT2D eigenvalue weighted by Crippen LogP contribution is 2.24. The number of aryl methyl sites for hydroxylation is 3. The molecule has 2 heteroatoms. The van der Waals surface area contributed by atoms with Gasteiger partial charge >= 0.3 is 0 Å². The largest absolute Gasteiger partial charge is 0.387 e. The molecule has 19 heavy (non-hydrogen) atoms. The minimum atomic E-state index is -0.394. The van der Waals surface area contributed by atoms with E-state index >= 15 is 0 Å². The third kappa shape index (κ3) is 4.63. The average Bonchev–Trinajstić information content (AvgIpc) is 2.26. The topological polar surface area (TPSA) is 23.5 Å². The van der Waals surface area contributed by atoms with Gasteiger partial charge in [0.2, 0.25) is 0 Å². The molecule has 0 spiro atoms. The van der Waals surface area contributed by atoms with Crippen LogP contribution >= 0.6 is 0 Å². The number of likely N-dealkylation sites (N-methyl/N-ethyl adjacent to an activating group) is 1. The van der Waals surface area contributed by atoms with E-state index in [1.165, 1.54) is 23.1 Å². The first kappa shape index (κ1) is 16.2. The average molecular weight is 263 g/mol. The Labute approximate surface area is 118 Å². The van der Waals surface area contributed by atoms with E-state index in [2.05, 4.69) is 58.7 Å². The summed E-state index contributed by atoms with van der Waals surface area (Å²) in [5.74, 6) is 0.678. The lowest BCUT2D eigenvalue weighted by atomic mass is 9.95. The van der Waals surface area contributed by atoms with Gasteiger partial charge in [-0.2, -0.15) is 0 Å². The predicted octanol–water partition coefficient (Wildman–Crippen LogP) is 3.62. The number of nitrogens with zero attached hydrogens (tertiary/aromatic N) is 1. The molecule has 2 nitrogen and oxygen atoms in total. The molecule has 0 amide bonds. The lowest BCUT2D eigenvalue weighted by molar-refractivity contribution is 0.118. The number of aliphatic hydroxyl groups is 1. The first-order valence-electron chi connectivity index (χ1n) is 7.29. The van der Waals surface area contributed by atoms with E-state index in [9.17, 15) is 5.11 Å². The van der Waals surface area contributed by atoms with Crippen LogP contribution in [0.15, 0.2) is 12.1 Å². The van der Waals surface area contributed by atoms with Crippen LogP contribution in [0.4, 0.5) is 0 Å². The van der Waals surface area contributed by atoms with Gasteiger partial charge in [-0.15, -0.1) is 0 Å². The van der Waals surface area contributed by atoms with E-state index in [0.29, 0.717) is 12.5 Å². The summed E-state index contributed by atoms with van der Waals surface area (Å²) < 4.78 is 0. The van der Waals surface area contributed by atoms with Crippen molar-refractivity contribution in [1.29, 1.82) is 0 Å². The Bertz CT molecular complexity index is 391. The van der Waals surface area contributed by atoms with Crippen molar-refractivity contribution in [1.82, 2.24) is 4.90 Å². The van der Waals surface area contributed by atoms with Gasteiger partial charge in [-0.25, -0.2) is 0 Å². The second-order valence-corrected chi connectivity index (χ2v) is 6.06. The molecule has 1 N–H and O–H groups in total. The number of benzene rings is 1. The minimum absolute atomic E-state index is 0.394. The fraction of sp³-hybridized carbons (Fsp3) is 0.647. The van der Waals surface area contributed by atoms with Gasteiger partial charge in [0, 0.05) is 13.1 Å². The minimum Gasteiger partial charge on any atom is -0.387 e. The summed E-state index contributed by atoms with van der Waals surface area (Å²) in [6, 6.07) is 4.31. The normalized spacial score (nSPS) is 14.7. The number of rotatable bonds is 6. The lowest BCUT2D eigenvalue weighted by Crippen LogP contribution is -2.29. The molecule has 0 aliphatic rings. The molecule has 0 saturated heterocycles. The summed E-state index contributed by atoms with van der Waals surface area (Å²) in [7, 11) is 2.09. The highest BCUT2D eigenvalue weighted by atomic mass is 16.3. The van der Waals surface area contributed by atoms with E-state index in [0.717, 1.165) is 12.1 Å². The molecule has 0 aliphatic carbocycles. The molecular weight excluding hydrogens is 234 g/mol. The standard InChI is InChI=1S/C17H29NO/c1-7-12(2)10-18(6)11-16(19)17-14(4)8-13(3)9-15(17)5/h8-9,12,16,19H,7,10-11H2,1-6H3. The van der Waals surface area contributed by atoms with Gasteiger partial charge in [-0.1, -0.05) is 38.0 Å². The van der Waals surface area contributed by atoms with Crippen LogP contribution in [0.3, 0.4) is 0 Å². The molecule has 108 valence electrons. The molecule has 2 unspecified atom stereocenters. The Morgan fingerprint density at radius 3 is 2.11 bits per heavy atom. The van der Waals surface area contributed by atoms with Gasteiger partial charge in [-0.3, -0.25) is 0 Å². The summed E-state index contributed by atoms with van der Waals surface area (Å²) in [6.07, 6.45) is 0.790. The van der Waals surface area contributed by atoms with Crippen molar-refractivity contribution in [3.05, 3.63) is 34.4 Å². The first-order chi connectivity index (χ1) is 8.85. The molecule has 0 radical (unpaired) electrons. The van der Waals surface area contributed by atoms with Crippen molar-refractivity contribution in [3.8, 4) is 0 Å². The maximum absolute atomic E-state index is 10.5. The Balaban J connectivity index is 2.76. The highest BCUT2D eigenvalue weighted by Gasteiger charge is 2.16. The van der Waals surface area contributed by atoms with E-state index in [1.807, 2.05) is 0 Å². The molecule has 1 aromatic carbocycles. The molecule has 2 atom stereocenters. The van der Waals surface area contributed by atoms with Gasteiger partial charge in [0.1, 0.15) is 0 Å². The third-order valence-electron chi connectivity index (χ3n) is 3.88. The summed E-state index contributed by atoms with van der Waals surface area (Å²) >= 11 is 0. The van der Waals surface area contributed by atoms with E-state index < -0.39 is 6.10 Å². The molecule has 1 rings (SSSR count). The molecule has 0 fully saturated rings. The zero-order chi connectivity index (χ0) is 14.6. The number of aliphatic hydroxyl groups excluding tert-OH is 1. The number of hydrogen-bond acceptors (Lipinski definition) is 2. The third-order valence-corrected chi connectivity index (χ3v) is 3.88. The Morgan fingerprint density at radius 2 is 1.63 bits per heavy atom. The van der Waals surface area contributed by atoms with Crippen LogP contribution in [0.25, 0.3) is 0 Å². The Morgan fingerprint density at radius 1 is 1.11 bits per heavy atom. The van der Waals surface area contributed by atoms with Crippen LogP contribution < -0.4 is 0 Å². The first-order valence-corrected chi connectivity index (χ1v) is 7.29. The zero-order valence-electron chi connectivity index (χ0n) is 13.3. The van der Waals surface area contributed by atoms with Gasteiger partial charge in [0.25, 0.3) is 0 Å². The second kappa shape index (κ2) is 7.06. The molecule has 0 aliphatic heterocycles. The van der Waals surface area contributed by atoms with E-state index in [-0.39, 0.29) is 0 Å². The predicted molar refractivity (Wildman–Crippen MR) is 82.6 cm³/mol. The molecule has 0 bridgehead atoms. The molecule has 1 aromatic rings. The summed E-state index contributed by atoms with van der Waals surface area (Å²) in [5, 5.41) is 10.5. The van der Waals surface area contributed by atoms with Crippen molar-refractivity contribution in [2.45, 2.75) is 47.1 Å². The van der Waals surface area contributed by atoms with E-state index in [1.54, 1.807) is 0 Å². The van der Waals surface area contributed by atoms with Crippen molar-refractivity contribution in [2.75, 3.05) is 20.1 Å². The second-order valence-electron chi connectivity index (χ2n) is 6.06. The molecular formula is C17H29NO. The van der Waals surface area contributed by atoms with Crippen LogP contribution in [-0.2, 0) is 0 Å². The quantitative estimate of drug-likeness (QED) is 0.847. The fourth-order valence-corrected chi connectivity index (χ4v) is 2.84. The van der Waals surface area contributed by atoms with Crippen molar-refractivity contribution in [2.24, 2.45) is 5.92 Å². The summed E-state index contributed by atoms with van der Waals surface area (Å²) in [6.45, 7) is 12.5. The Hall–Kier alpha value is -0.860. The summed E-state index contributed by atoms with van der Waals surface area (Å²) in [5.41, 5.74) is 4.75. The fourth-order valence-electron chi connectivity index (χ4n) is 2.84. The van der Waals surface area contributed by atoms with Gasteiger partial charge in [0.15, 0.2) is 0 Å². The zero-order valence-corrected chi connectivity index (χ0v) is 13.3. The van der Waals surface area contributed by atoms with Gasteiger partial charge in [-0.05, 0) is 50.4 Å². The highest BCUT2D eigenvalue weighted by molar-refractivity contribution is 5.39. The maximum atomic E-state index is 10.5. The van der Waals surface area contributed by atoms with Crippen molar-refractivity contribution >= 4 is 0 Å². The van der Waals surface area contributed by atoms with Gasteiger partial charge in [0.05, 0.1) is 6.10 Å². The lowest BCUT2D eigenvalue weighted by Gasteiger charge is -2.25. The van der Waals surface area contributed by atoms with Crippen molar-refractivity contribution < 1.29 is 5.11 Å². The van der Waals surface area contributed by atoms with Crippen LogP contribution in [-0.4, -0.2) is 30.1 Å². The number of hydrogen-bond donors (Lipinski definition) is 1. The van der Waals surface area contributed by atoms with E-state index in [4.69, 9.17) is 0 Å². The van der Waals surface area contributed by atoms with Crippen LogP contribution in [0.2, 0.25) is 0 Å². The SMILES string of the molecule is CCC(C)CN(C)CC(O)c1c(C)cc(C)cc1C. The monoisotopic (exact) mass is 263 g/mol. The molecule has 0 heterocycles. The molecule has 0 aromatic heterocycles. The van der Waals surface area contributed by atoms with Crippen LogP contribution in [0, 0.1) is 26.7 Å². The Kier molecular flexibility index (Phi) is 6.02. The van der Waals surface area contributed by atoms with Crippen LogP contribution in [0.5, 0.6) is 0 Å². The van der Waals surface area contributed by atoms with Crippen LogP contribution in [0.1, 0.15) is 48.6 Å². The smallest absolute Gasteiger partial charge is 0.0921 e.